The number of piperidine rings is 2. The third-order valence-electron chi connectivity index (χ3n) is 5.03. The number of aryl methyl sites for hydroxylation is 1. The Bertz CT molecular complexity index is 702. The van der Waals surface area contributed by atoms with E-state index in [4.69, 9.17) is 0 Å². The Labute approximate surface area is 166 Å². The molecule has 0 radical (unpaired) electrons. The molecule has 0 saturated carbocycles. The highest BCUT2D eigenvalue weighted by molar-refractivity contribution is 7.91. The quantitative estimate of drug-likeness (QED) is 0.762. The molecule has 26 heavy (non-hydrogen) atoms. The van der Waals surface area contributed by atoms with Crippen LogP contribution in [0.5, 0.6) is 0 Å². The third-order valence-corrected chi connectivity index (χ3v) is 8.36. The lowest BCUT2D eigenvalue weighted by Gasteiger charge is -2.31. The van der Waals surface area contributed by atoms with Gasteiger partial charge >= 0.3 is 0 Å². The lowest BCUT2D eigenvalue weighted by Crippen LogP contribution is -2.46. The number of nitrogens with zero attached hydrogens (tertiary/aromatic N) is 1. The van der Waals surface area contributed by atoms with Crippen molar-refractivity contribution in [1.29, 1.82) is 0 Å². The fraction of sp³-hybridized carbons (Fsp3) is 0.706. The summed E-state index contributed by atoms with van der Waals surface area (Å²) in [5, 5.41) is 6.39. The Morgan fingerprint density at radius 3 is 2.81 bits per heavy atom. The van der Waals surface area contributed by atoms with Crippen LogP contribution in [-0.4, -0.2) is 51.4 Å². The maximum Gasteiger partial charge on any atom is 0.252 e. The molecule has 0 aromatic carbocycles. The van der Waals surface area contributed by atoms with E-state index in [2.05, 4.69) is 10.6 Å². The molecule has 1 aromatic heterocycles. The Hall–Kier alpha value is -0.670. The van der Waals surface area contributed by atoms with E-state index in [9.17, 15) is 13.2 Å². The zero-order valence-corrected chi connectivity index (χ0v) is 17.5. The van der Waals surface area contributed by atoms with E-state index < -0.39 is 10.0 Å². The van der Waals surface area contributed by atoms with E-state index in [1.807, 2.05) is 13.0 Å². The first kappa shape index (κ1) is 21.6. The summed E-state index contributed by atoms with van der Waals surface area (Å²) < 4.78 is 27.4. The molecule has 0 spiro atoms. The van der Waals surface area contributed by atoms with Crippen molar-refractivity contribution in [2.45, 2.75) is 36.8 Å². The minimum Gasteiger partial charge on any atom is -0.355 e. The predicted molar refractivity (Wildman–Crippen MR) is 106 cm³/mol. The van der Waals surface area contributed by atoms with Gasteiger partial charge in [-0.15, -0.1) is 23.7 Å². The van der Waals surface area contributed by atoms with Gasteiger partial charge in [0, 0.05) is 24.5 Å². The Kier molecular flexibility index (Phi) is 7.90. The molecule has 6 nitrogen and oxygen atoms in total. The molecule has 1 amide bonds. The normalized spacial score (nSPS) is 24.7. The molecule has 0 aliphatic carbocycles. The van der Waals surface area contributed by atoms with Gasteiger partial charge in [0.15, 0.2) is 0 Å². The van der Waals surface area contributed by atoms with Gasteiger partial charge in [0.25, 0.3) is 10.0 Å². The van der Waals surface area contributed by atoms with Crippen LogP contribution in [0.2, 0.25) is 0 Å². The minimum absolute atomic E-state index is 0. The molecule has 1 aromatic rings. The fourth-order valence-electron chi connectivity index (χ4n) is 3.54. The number of nitrogens with one attached hydrogen (secondary N) is 2. The van der Waals surface area contributed by atoms with Gasteiger partial charge in [-0.3, -0.25) is 4.79 Å². The molecule has 3 rings (SSSR count). The number of rotatable bonds is 5. The molecule has 148 valence electrons. The largest absolute Gasteiger partial charge is 0.355 e. The minimum atomic E-state index is -3.48. The number of hydrogen-bond donors (Lipinski definition) is 2. The maximum absolute atomic E-state index is 12.8. The summed E-state index contributed by atoms with van der Waals surface area (Å²) in [4.78, 5) is 13.5. The topological polar surface area (TPSA) is 78.5 Å². The van der Waals surface area contributed by atoms with Crippen molar-refractivity contribution in [1.82, 2.24) is 14.9 Å². The van der Waals surface area contributed by atoms with Gasteiger partial charge in [-0.2, -0.15) is 4.31 Å². The third kappa shape index (κ3) is 5.19. The molecule has 2 saturated heterocycles. The lowest BCUT2D eigenvalue weighted by molar-refractivity contribution is -0.126. The number of hydrogen-bond acceptors (Lipinski definition) is 5. The number of carbonyl (C=O) groups excluding carboxylic acids is 1. The van der Waals surface area contributed by atoms with Crippen molar-refractivity contribution in [2.24, 2.45) is 11.8 Å². The van der Waals surface area contributed by atoms with Crippen LogP contribution in [0, 0.1) is 18.8 Å². The van der Waals surface area contributed by atoms with Gasteiger partial charge in [-0.25, -0.2) is 8.42 Å². The Balaban J connectivity index is 0.00000243. The molecule has 2 atom stereocenters. The second kappa shape index (κ2) is 9.50. The maximum atomic E-state index is 12.8. The molecule has 0 bridgehead atoms. The molecular weight excluding hydrogens is 394 g/mol. The van der Waals surface area contributed by atoms with E-state index >= 15 is 0 Å². The molecular formula is C17H28ClN3O3S2. The summed E-state index contributed by atoms with van der Waals surface area (Å²) in [6, 6.07) is 3.49. The van der Waals surface area contributed by atoms with Crippen LogP contribution in [0.4, 0.5) is 0 Å². The summed E-state index contributed by atoms with van der Waals surface area (Å²) in [5.74, 6) is 0.226. The lowest BCUT2D eigenvalue weighted by atomic mass is 9.97. The second-order valence-corrected chi connectivity index (χ2v) is 10.5. The fourth-order valence-corrected chi connectivity index (χ4v) is 6.50. The Morgan fingerprint density at radius 1 is 1.35 bits per heavy atom. The van der Waals surface area contributed by atoms with Crippen molar-refractivity contribution in [2.75, 3.05) is 32.7 Å². The van der Waals surface area contributed by atoms with Gasteiger partial charge < -0.3 is 10.6 Å². The van der Waals surface area contributed by atoms with Crippen molar-refractivity contribution >= 4 is 39.7 Å². The van der Waals surface area contributed by atoms with Crippen LogP contribution >= 0.6 is 23.7 Å². The zero-order chi connectivity index (χ0) is 17.9. The van der Waals surface area contributed by atoms with Crippen molar-refractivity contribution in [3.8, 4) is 0 Å². The van der Waals surface area contributed by atoms with Crippen LogP contribution in [0.15, 0.2) is 16.3 Å². The van der Waals surface area contributed by atoms with Crippen molar-refractivity contribution < 1.29 is 13.2 Å². The summed E-state index contributed by atoms with van der Waals surface area (Å²) in [6.45, 7) is 5.37. The first-order valence-electron chi connectivity index (χ1n) is 9.02. The van der Waals surface area contributed by atoms with E-state index in [-0.39, 0.29) is 30.8 Å². The number of sulfonamides is 1. The second-order valence-electron chi connectivity index (χ2n) is 7.02. The summed E-state index contributed by atoms with van der Waals surface area (Å²) in [7, 11) is -3.48. The van der Waals surface area contributed by atoms with Crippen LogP contribution in [0.1, 0.15) is 30.6 Å². The van der Waals surface area contributed by atoms with Crippen LogP contribution in [0.25, 0.3) is 0 Å². The number of halogens is 1. The summed E-state index contributed by atoms with van der Waals surface area (Å²) >= 11 is 1.29. The average molecular weight is 422 g/mol. The zero-order valence-electron chi connectivity index (χ0n) is 15.1. The van der Waals surface area contributed by atoms with E-state index in [1.54, 1.807) is 6.07 Å². The number of thiophene rings is 1. The highest BCUT2D eigenvalue weighted by atomic mass is 35.5. The number of carbonyl (C=O) groups is 1. The average Bonchev–Trinajstić information content (AvgIpc) is 3.08. The first-order chi connectivity index (χ1) is 12.0. The molecule has 9 heteroatoms. The number of amides is 1. The SMILES string of the molecule is Cc1ccc(S(=O)(=O)N2CCCC(C(=O)NCC3CCCNC3)C2)s1.Cl. The van der Waals surface area contributed by atoms with Crippen LogP contribution < -0.4 is 10.6 Å². The standard InChI is InChI=1S/C17H27N3O3S2.ClH/c1-13-6-7-16(24-13)25(22,23)20-9-3-5-15(12-20)17(21)19-11-14-4-2-8-18-10-14;/h6-7,14-15,18H,2-5,8-12H2,1H3,(H,19,21);1H. The van der Waals surface area contributed by atoms with Gasteiger partial charge in [0.2, 0.25) is 5.91 Å². The van der Waals surface area contributed by atoms with E-state index in [0.29, 0.717) is 23.2 Å². The van der Waals surface area contributed by atoms with E-state index in [0.717, 1.165) is 43.6 Å². The molecule has 2 aliphatic heterocycles. The first-order valence-corrected chi connectivity index (χ1v) is 11.3. The predicted octanol–water partition coefficient (Wildman–Crippen LogP) is 1.99. The Morgan fingerprint density at radius 2 is 2.15 bits per heavy atom. The van der Waals surface area contributed by atoms with Crippen LogP contribution in [-0.2, 0) is 14.8 Å². The van der Waals surface area contributed by atoms with Gasteiger partial charge in [0.1, 0.15) is 4.21 Å². The molecule has 2 fully saturated rings. The van der Waals surface area contributed by atoms with E-state index in [1.165, 1.54) is 15.6 Å². The van der Waals surface area contributed by atoms with Gasteiger partial charge in [0.05, 0.1) is 5.92 Å². The van der Waals surface area contributed by atoms with Gasteiger partial charge in [-0.05, 0) is 63.7 Å². The highest BCUT2D eigenvalue weighted by Crippen LogP contribution is 2.28. The summed E-state index contributed by atoms with van der Waals surface area (Å²) in [5.41, 5.74) is 0. The van der Waals surface area contributed by atoms with Gasteiger partial charge in [-0.1, -0.05) is 0 Å². The summed E-state index contributed by atoms with van der Waals surface area (Å²) in [6.07, 6.45) is 3.77. The highest BCUT2D eigenvalue weighted by Gasteiger charge is 2.34. The smallest absolute Gasteiger partial charge is 0.252 e. The van der Waals surface area contributed by atoms with Crippen LogP contribution in [0.3, 0.4) is 0 Å². The van der Waals surface area contributed by atoms with Crippen molar-refractivity contribution in [3.05, 3.63) is 17.0 Å². The monoisotopic (exact) mass is 421 g/mol. The molecule has 2 unspecified atom stereocenters. The molecule has 3 heterocycles. The molecule has 2 N–H and O–H groups in total. The molecule has 2 aliphatic rings. The van der Waals surface area contributed by atoms with Crippen molar-refractivity contribution in [3.63, 3.8) is 0 Å².